The summed E-state index contributed by atoms with van der Waals surface area (Å²) in [4.78, 5) is 4.96. The minimum atomic E-state index is -0.117. The third-order valence-corrected chi connectivity index (χ3v) is 4.45. The third-order valence-electron chi connectivity index (χ3n) is 4.45. The van der Waals surface area contributed by atoms with Gasteiger partial charge in [0, 0.05) is 32.7 Å². The Morgan fingerprint density at radius 3 is 2.71 bits per heavy atom. The Bertz CT molecular complexity index is 493. The molecule has 3 rings (SSSR count). The van der Waals surface area contributed by atoms with Crippen molar-refractivity contribution in [1.82, 2.24) is 9.80 Å². The van der Waals surface area contributed by atoms with Gasteiger partial charge in [0.1, 0.15) is 11.4 Å². The molecule has 1 aromatic carbocycles. The number of piperazine rings is 1. The number of fused-ring (bicyclic) bond motifs is 1. The molecule has 0 saturated carbocycles. The second-order valence-corrected chi connectivity index (χ2v) is 6.94. The van der Waals surface area contributed by atoms with Crippen LogP contribution in [0, 0.1) is 0 Å². The SMILES string of the molecule is CN1CCN(CCc2ccc3c(c2)NCC(C)(C)O3)CC1. The minimum Gasteiger partial charge on any atom is -0.484 e. The Morgan fingerprint density at radius 1 is 1.19 bits per heavy atom. The average Bonchev–Trinajstić information content (AvgIpc) is 2.46. The van der Waals surface area contributed by atoms with Crippen LogP contribution in [0.15, 0.2) is 18.2 Å². The van der Waals surface area contributed by atoms with Gasteiger partial charge in [-0.05, 0) is 45.0 Å². The molecule has 21 heavy (non-hydrogen) atoms. The van der Waals surface area contributed by atoms with Gasteiger partial charge in [-0.3, -0.25) is 0 Å². The van der Waals surface area contributed by atoms with Crippen molar-refractivity contribution >= 4 is 5.69 Å². The number of benzene rings is 1. The number of ether oxygens (including phenoxy) is 1. The number of rotatable bonds is 3. The largest absolute Gasteiger partial charge is 0.484 e. The fourth-order valence-corrected chi connectivity index (χ4v) is 2.96. The van der Waals surface area contributed by atoms with Crippen molar-refractivity contribution in [3.05, 3.63) is 23.8 Å². The van der Waals surface area contributed by atoms with Crippen LogP contribution in [0.1, 0.15) is 19.4 Å². The standard InChI is InChI=1S/C17H27N3O/c1-17(2)13-18-15-12-14(4-5-16(15)21-17)6-7-20-10-8-19(3)9-11-20/h4-5,12,18H,6-11,13H2,1-3H3. The Balaban J connectivity index is 1.57. The molecule has 0 aromatic heterocycles. The Labute approximate surface area is 128 Å². The molecule has 1 N–H and O–H groups in total. The summed E-state index contributed by atoms with van der Waals surface area (Å²) >= 11 is 0. The molecular formula is C17H27N3O. The van der Waals surface area contributed by atoms with Crippen LogP contribution in [0.5, 0.6) is 5.75 Å². The lowest BCUT2D eigenvalue weighted by molar-refractivity contribution is 0.116. The van der Waals surface area contributed by atoms with E-state index in [-0.39, 0.29) is 5.60 Å². The predicted molar refractivity (Wildman–Crippen MR) is 87.3 cm³/mol. The first-order valence-electron chi connectivity index (χ1n) is 7.99. The maximum Gasteiger partial charge on any atom is 0.143 e. The highest BCUT2D eigenvalue weighted by atomic mass is 16.5. The molecular weight excluding hydrogens is 262 g/mol. The van der Waals surface area contributed by atoms with E-state index < -0.39 is 0 Å². The number of anilines is 1. The van der Waals surface area contributed by atoms with Crippen molar-refractivity contribution in [2.75, 3.05) is 51.6 Å². The van der Waals surface area contributed by atoms with Crippen molar-refractivity contribution in [3.63, 3.8) is 0 Å². The van der Waals surface area contributed by atoms with Crippen LogP contribution in [0.4, 0.5) is 5.69 Å². The highest BCUT2D eigenvalue weighted by Gasteiger charge is 2.26. The molecule has 116 valence electrons. The number of likely N-dealkylation sites (N-methyl/N-ethyl adjacent to an activating group) is 1. The summed E-state index contributed by atoms with van der Waals surface area (Å²) in [5.74, 6) is 0.981. The highest BCUT2D eigenvalue weighted by Crippen LogP contribution is 2.33. The van der Waals surface area contributed by atoms with Gasteiger partial charge in [0.2, 0.25) is 0 Å². The molecule has 0 bridgehead atoms. The zero-order valence-corrected chi connectivity index (χ0v) is 13.5. The zero-order chi connectivity index (χ0) is 14.9. The van der Waals surface area contributed by atoms with Gasteiger partial charge in [-0.25, -0.2) is 0 Å². The number of hydrogen-bond acceptors (Lipinski definition) is 4. The van der Waals surface area contributed by atoms with Crippen molar-refractivity contribution in [3.8, 4) is 5.75 Å². The van der Waals surface area contributed by atoms with Gasteiger partial charge in [-0.2, -0.15) is 0 Å². The highest BCUT2D eigenvalue weighted by molar-refractivity contribution is 5.60. The second-order valence-electron chi connectivity index (χ2n) is 6.94. The summed E-state index contributed by atoms with van der Waals surface area (Å²) in [6.45, 7) is 11.0. The van der Waals surface area contributed by atoms with Crippen molar-refractivity contribution < 1.29 is 4.74 Å². The summed E-state index contributed by atoms with van der Waals surface area (Å²) in [7, 11) is 2.20. The molecule has 1 fully saturated rings. The summed E-state index contributed by atoms with van der Waals surface area (Å²) < 4.78 is 6.00. The topological polar surface area (TPSA) is 27.7 Å². The van der Waals surface area contributed by atoms with Gasteiger partial charge in [0.05, 0.1) is 12.2 Å². The van der Waals surface area contributed by atoms with Gasteiger partial charge in [-0.1, -0.05) is 6.07 Å². The lowest BCUT2D eigenvalue weighted by atomic mass is 10.0. The summed E-state index contributed by atoms with van der Waals surface area (Å²) in [5.41, 5.74) is 2.42. The lowest BCUT2D eigenvalue weighted by Gasteiger charge is -2.34. The molecule has 1 aromatic rings. The van der Waals surface area contributed by atoms with Crippen LogP contribution in [0.25, 0.3) is 0 Å². The Kier molecular flexibility index (Phi) is 4.09. The van der Waals surface area contributed by atoms with E-state index in [1.807, 2.05) is 0 Å². The molecule has 0 radical (unpaired) electrons. The van der Waals surface area contributed by atoms with E-state index in [2.05, 4.69) is 54.2 Å². The first-order valence-corrected chi connectivity index (χ1v) is 7.99. The number of nitrogens with zero attached hydrogens (tertiary/aromatic N) is 2. The zero-order valence-electron chi connectivity index (χ0n) is 13.5. The Morgan fingerprint density at radius 2 is 1.95 bits per heavy atom. The van der Waals surface area contributed by atoms with Crippen LogP contribution >= 0.6 is 0 Å². The fourth-order valence-electron chi connectivity index (χ4n) is 2.96. The smallest absolute Gasteiger partial charge is 0.143 e. The maximum atomic E-state index is 6.00. The quantitative estimate of drug-likeness (QED) is 0.922. The van der Waals surface area contributed by atoms with Gasteiger partial charge in [0.25, 0.3) is 0 Å². The molecule has 0 spiro atoms. The van der Waals surface area contributed by atoms with E-state index in [9.17, 15) is 0 Å². The second kappa shape index (κ2) is 5.85. The van der Waals surface area contributed by atoms with Crippen LogP contribution < -0.4 is 10.1 Å². The first kappa shape index (κ1) is 14.7. The average molecular weight is 289 g/mol. The molecule has 4 nitrogen and oxygen atoms in total. The van der Waals surface area contributed by atoms with Crippen LogP contribution in [-0.2, 0) is 6.42 Å². The summed E-state index contributed by atoms with van der Waals surface area (Å²) in [6.07, 6.45) is 1.11. The van der Waals surface area contributed by atoms with E-state index in [1.54, 1.807) is 0 Å². The van der Waals surface area contributed by atoms with E-state index in [0.29, 0.717) is 0 Å². The number of nitrogens with one attached hydrogen (secondary N) is 1. The fraction of sp³-hybridized carbons (Fsp3) is 0.647. The Hall–Kier alpha value is -1.26. The minimum absolute atomic E-state index is 0.117. The maximum absolute atomic E-state index is 6.00. The normalized spacial score (nSPS) is 22.2. The summed E-state index contributed by atoms with van der Waals surface area (Å²) in [6, 6.07) is 6.57. The molecule has 0 unspecified atom stereocenters. The van der Waals surface area contributed by atoms with E-state index >= 15 is 0 Å². The molecule has 0 amide bonds. The van der Waals surface area contributed by atoms with Crippen molar-refractivity contribution in [2.24, 2.45) is 0 Å². The molecule has 0 aliphatic carbocycles. The molecule has 2 heterocycles. The molecule has 2 aliphatic rings. The van der Waals surface area contributed by atoms with E-state index in [0.717, 1.165) is 30.9 Å². The molecule has 1 saturated heterocycles. The predicted octanol–water partition coefficient (Wildman–Crippen LogP) is 2.06. The monoisotopic (exact) mass is 289 g/mol. The van der Waals surface area contributed by atoms with Gasteiger partial charge >= 0.3 is 0 Å². The van der Waals surface area contributed by atoms with Gasteiger partial charge in [0.15, 0.2) is 0 Å². The summed E-state index contributed by atoms with van der Waals surface area (Å²) in [5, 5.41) is 3.49. The van der Waals surface area contributed by atoms with Crippen LogP contribution in [-0.4, -0.2) is 61.7 Å². The van der Waals surface area contributed by atoms with Gasteiger partial charge in [-0.15, -0.1) is 0 Å². The van der Waals surface area contributed by atoms with Gasteiger partial charge < -0.3 is 19.9 Å². The first-order chi connectivity index (χ1) is 10.0. The molecule has 4 heteroatoms. The molecule has 0 atom stereocenters. The van der Waals surface area contributed by atoms with E-state index in [4.69, 9.17) is 4.74 Å². The van der Waals surface area contributed by atoms with Crippen LogP contribution in [0.2, 0.25) is 0 Å². The van der Waals surface area contributed by atoms with E-state index in [1.165, 1.54) is 31.7 Å². The van der Waals surface area contributed by atoms with Crippen LogP contribution in [0.3, 0.4) is 0 Å². The van der Waals surface area contributed by atoms with Crippen molar-refractivity contribution in [1.29, 1.82) is 0 Å². The molecule has 2 aliphatic heterocycles. The number of hydrogen-bond donors (Lipinski definition) is 1. The lowest BCUT2D eigenvalue weighted by Crippen LogP contribution is -2.45. The van der Waals surface area contributed by atoms with Crippen molar-refractivity contribution in [2.45, 2.75) is 25.9 Å². The third kappa shape index (κ3) is 3.69.